The maximum atomic E-state index is 13.7. The molecular formula is C25H32N2O4S. The summed E-state index contributed by atoms with van der Waals surface area (Å²) >= 11 is 0. The summed E-state index contributed by atoms with van der Waals surface area (Å²) in [5.41, 5.74) is 7.82. The molecule has 0 aromatic heterocycles. The molecule has 2 aliphatic rings. The monoisotopic (exact) mass is 456 g/mol. The Morgan fingerprint density at radius 3 is 2.03 bits per heavy atom. The van der Waals surface area contributed by atoms with Gasteiger partial charge in [0.2, 0.25) is 10.0 Å². The number of amides is 1. The van der Waals surface area contributed by atoms with Crippen molar-refractivity contribution in [3.05, 3.63) is 57.1 Å². The third-order valence-corrected chi connectivity index (χ3v) is 9.60. The fourth-order valence-corrected chi connectivity index (χ4v) is 7.17. The van der Waals surface area contributed by atoms with Crippen molar-refractivity contribution in [1.82, 2.24) is 4.31 Å². The fraction of sp³-hybridized carbons (Fsp3) is 0.480. The topological polar surface area (TPSA) is 66.9 Å². The minimum Gasteiger partial charge on any atom is -0.444 e. The van der Waals surface area contributed by atoms with Crippen LogP contribution >= 0.6 is 0 Å². The third-order valence-electron chi connectivity index (χ3n) is 7.43. The number of para-hydroxylation sites is 1. The summed E-state index contributed by atoms with van der Waals surface area (Å²) in [4.78, 5) is 14.9. The molecule has 0 bridgehead atoms. The van der Waals surface area contributed by atoms with E-state index in [9.17, 15) is 13.2 Å². The number of benzene rings is 2. The maximum Gasteiger partial charge on any atom is 0.414 e. The molecule has 0 aliphatic carbocycles. The number of sulfonamides is 1. The van der Waals surface area contributed by atoms with Crippen LogP contribution < -0.4 is 4.90 Å². The Morgan fingerprint density at radius 2 is 1.44 bits per heavy atom. The number of rotatable bonds is 3. The van der Waals surface area contributed by atoms with Crippen LogP contribution in [0.15, 0.2) is 23.1 Å². The quantitative estimate of drug-likeness (QED) is 0.662. The number of nitrogens with zero attached hydrogens (tertiary/aromatic N) is 2. The molecule has 2 heterocycles. The zero-order chi connectivity index (χ0) is 23.4. The van der Waals surface area contributed by atoms with Gasteiger partial charge in [-0.3, -0.25) is 4.90 Å². The van der Waals surface area contributed by atoms with Crippen molar-refractivity contribution < 1.29 is 17.9 Å². The van der Waals surface area contributed by atoms with E-state index in [1.54, 1.807) is 9.21 Å². The molecule has 172 valence electrons. The number of ether oxygens (including phenoxy) is 1. The van der Waals surface area contributed by atoms with Gasteiger partial charge in [0.15, 0.2) is 0 Å². The second kappa shape index (κ2) is 8.19. The number of hydrogen-bond donors (Lipinski definition) is 0. The van der Waals surface area contributed by atoms with Crippen molar-refractivity contribution >= 4 is 21.8 Å². The van der Waals surface area contributed by atoms with Crippen LogP contribution in [0.2, 0.25) is 0 Å². The van der Waals surface area contributed by atoms with Gasteiger partial charge in [0, 0.05) is 24.7 Å². The lowest BCUT2D eigenvalue weighted by Crippen LogP contribution is -2.50. The lowest BCUT2D eigenvalue weighted by molar-refractivity contribution is 0.135. The summed E-state index contributed by atoms with van der Waals surface area (Å²) in [5, 5.41) is 0. The van der Waals surface area contributed by atoms with Gasteiger partial charge in [-0.2, -0.15) is 4.31 Å². The highest BCUT2D eigenvalue weighted by atomic mass is 32.2. The van der Waals surface area contributed by atoms with Crippen LogP contribution in [-0.4, -0.2) is 37.9 Å². The third kappa shape index (κ3) is 3.52. The van der Waals surface area contributed by atoms with Gasteiger partial charge in [-0.15, -0.1) is 0 Å². The smallest absolute Gasteiger partial charge is 0.414 e. The first-order valence-corrected chi connectivity index (χ1v) is 12.6. The molecule has 32 heavy (non-hydrogen) atoms. The molecule has 0 atom stereocenters. The first-order valence-electron chi connectivity index (χ1n) is 11.2. The predicted octanol–water partition coefficient (Wildman–Crippen LogP) is 4.85. The number of piperidine rings is 1. The van der Waals surface area contributed by atoms with E-state index in [0.717, 1.165) is 44.6 Å². The standard InChI is InChI=1S/C25H32N2O4S/c1-15-8-7-9-21-14-31-25(28)27(23(15)21)22-10-12-26(13-11-22)32(29,30)24-19(5)17(3)16(2)18(4)20(24)6/h7-9,22H,10-14H2,1-6H3. The zero-order valence-electron chi connectivity index (χ0n) is 19.8. The first kappa shape index (κ1) is 22.8. The minimum atomic E-state index is -3.62. The lowest BCUT2D eigenvalue weighted by atomic mass is 9.95. The van der Waals surface area contributed by atoms with E-state index in [0.29, 0.717) is 30.8 Å². The Bertz CT molecular complexity index is 1170. The van der Waals surface area contributed by atoms with Crippen molar-refractivity contribution in [2.75, 3.05) is 18.0 Å². The lowest BCUT2D eigenvalue weighted by Gasteiger charge is -2.40. The summed E-state index contributed by atoms with van der Waals surface area (Å²) in [5.74, 6) is 0. The van der Waals surface area contributed by atoms with Crippen LogP contribution in [0, 0.1) is 41.5 Å². The van der Waals surface area contributed by atoms with E-state index >= 15 is 0 Å². The highest BCUT2D eigenvalue weighted by Crippen LogP contribution is 2.37. The summed E-state index contributed by atoms with van der Waals surface area (Å²) < 4.78 is 34.3. The molecule has 0 unspecified atom stereocenters. The predicted molar refractivity (Wildman–Crippen MR) is 126 cm³/mol. The van der Waals surface area contributed by atoms with Gasteiger partial charge in [-0.25, -0.2) is 13.2 Å². The van der Waals surface area contributed by atoms with E-state index in [2.05, 4.69) is 0 Å². The highest BCUT2D eigenvalue weighted by molar-refractivity contribution is 7.89. The molecule has 0 radical (unpaired) electrons. The first-order chi connectivity index (χ1) is 15.1. The molecule has 1 fully saturated rings. The van der Waals surface area contributed by atoms with Gasteiger partial charge in [-0.05, 0) is 87.8 Å². The normalized spacial score (nSPS) is 17.9. The average molecular weight is 457 g/mol. The Morgan fingerprint density at radius 1 is 0.875 bits per heavy atom. The molecule has 2 aromatic carbocycles. The second-order valence-electron chi connectivity index (χ2n) is 9.10. The Hall–Kier alpha value is -2.38. The number of anilines is 1. The molecule has 0 spiro atoms. The van der Waals surface area contributed by atoms with Crippen LogP contribution in [0.3, 0.4) is 0 Å². The van der Waals surface area contributed by atoms with Gasteiger partial charge < -0.3 is 4.74 Å². The molecule has 7 heteroatoms. The fourth-order valence-electron chi connectivity index (χ4n) is 5.14. The number of cyclic esters (lactones) is 1. The maximum absolute atomic E-state index is 13.7. The molecule has 4 rings (SSSR count). The minimum absolute atomic E-state index is 0.0854. The van der Waals surface area contributed by atoms with Gasteiger partial charge in [0.1, 0.15) is 6.61 Å². The van der Waals surface area contributed by atoms with Crippen LogP contribution in [0.4, 0.5) is 10.5 Å². The summed E-state index contributed by atoms with van der Waals surface area (Å²) in [6.07, 6.45) is 0.804. The number of hydrogen-bond acceptors (Lipinski definition) is 4. The van der Waals surface area contributed by atoms with E-state index in [-0.39, 0.29) is 18.7 Å². The molecule has 1 saturated heterocycles. The van der Waals surface area contributed by atoms with Crippen molar-refractivity contribution in [3.8, 4) is 0 Å². The highest BCUT2D eigenvalue weighted by Gasteiger charge is 2.38. The molecule has 2 aliphatic heterocycles. The van der Waals surface area contributed by atoms with Crippen LogP contribution in [0.5, 0.6) is 0 Å². The van der Waals surface area contributed by atoms with Gasteiger partial charge in [0.25, 0.3) is 0 Å². The van der Waals surface area contributed by atoms with E-state index in [4.69, 9.17) is 4.74 Å². The Balaban J connectivity index is 1.61. The van der Waals surface area contributed by atoms with Crippen molar-refractivity contribution in [2.45, 2.75) is 71.9 Å². The average Bonchev–Trinajstić information content (AvgIpc) is 2.77. The summed E-state index contributed by atoms with van der Waals surface area (Å²) in [6.45, 7) is 12.9. The van der Waals surface area contributed by atoms with Gasteiger partial charge in [-0.1, -0.05) is 18.2 Å². The Labute approximate surface area is 191 Å². The van der Waals surface area contributed by atoms with Crippen LogP contribution in [0.25, 0.3) is 0 Å². The largest absolute Gasteiger partial charge is 0.444 e. The van der Waals surface area contributed by atoms with Crippen molar-refractivity contribution in [2.24, 2.45) is 0 Å². The number of fused-ring (bicyclic) bond motifs is 1. The molecule has 2 aromatic rings. The van der Waals surface area contributed by atoms with Crippen LogP contribution in [0.1, 0.15) is 51.8 Å². The number of carbonyl (C=O) groups excluding carboxylic acids is 1. The van der Waals surface area contributed by atoms with Crippen molar-refractivity contribution in [3.63, 3.8) is 0 Å². The molecule has 1 amide bonds. The number of carbonyl (C=O) groups is 1. The van der Waals surface area contributed by atoms with E-state index in [1.807, 2.05) is 59.7 Å². The summed E-state index contributed by atoms with van der Waals surface area (Å²) in [7, 11) is -3.62. The summed E-state index contributed by atoms with van der Waals surface area (Å²) in [6, 6.07) is 5.86. The second-order valence-corrected chi connectivity index (χ2v) is 11.0. The zero-order valence-corrected chi connectivity index (χ0v) is 20.6. The molecule has 6 nitrogen and oxygen atoms in total. The molecule has 0 saturated carbocycles. The van der Waals surface area contributed by atoms with Gasteiger partial charge in [0.05, 0.1) is 10.6 Å². The molecule has 0 N–H and O–H groups in total. The van der Waals surface area contributed by atoms with E-state index in [1.165, 1.54) is 0 Å². The van der Waals surface area contributed by atoms with E-state index < -0.39 is 10.0 Å². The van der Waals surface area contributed by atoms with Crippen molar-refractivity contribution in [1.29, 1.82) is 0 Å². The number of aryl methyl sites for hydroxylation is 1. The van der Waals surface area contributed by atoms with Crippen LogP contribution in [-0.2, 0) is 21.4 Å². The SMILES string of the molecule is Cc1cccc2c1N(C1CCN(S(=O)(=O)c3c(C)c(C)c(C)c(C)c3C)CC1)C(=O)OC2. The molecular weight excluding hydrogens is 424 g/mol. The van der Waals surface area contributed by atoms with Gasteiger partial charge >= 0.3 is 6.09 Å². The Kier molecular flexibility index (Phi) is 5.84.